The van der Waals surface area contributed by atoms with Crippen LogP contribution in [0.1, 0.15) is 24.2 Å². The van der Waals surface area contributed by atoms with E-state index >= 15 is 0 Å². The molecule has 0 N–H and O–H groups in total. The van der Waals surface area contributed by atoms with Crippen molar-refractivity contribution in [3.63, 3.8) is 0 Å². The van der Waals surface area contributed by atoms with Gasteiger partial charge >= 0.3 is 0 Å². The molecule has 0 spiro atoms. The number of carbonyl (C=O) groups excluding carboxylic acids is 1. The van der Waals surface area contributed by atoms with E-state index in [0.717, 1.165) is 9.14 Å². The number of likely N-dealkylation sites (N-methyl/N-ethyl adjacent to an activating group) is 1. The van der Waals surface area contributed by atoms with Crippen LogP contribution in [0.4, 0.5) is 0 Å². The highest BCUT2D eigenvalue weighted by Crippen LogP contribution is 2.19. The van der Waals surface area contributed by atoms with Crippen molar-refractivity contribution in [2.24, 2.45) is 0 Å². The minimum atomic E-state index is 0.0246. The van der Waals surface area contributed by atoms with E-state index in [-0.39, 0.29) is 5.91 Å². The van der Waals surface area contributed by atoms with Crippen molar-refractivity contribution in [2.75, 3.05) is 13.1 Å². The van der Waals surface area contributed by atoms with Crippen molar-refractivity contribution in [3.05, 3.63) is 44.5 Å². The van der Waals surface area contributed by atoms with Crippen molar-refractivity contribution in [3.8, 4) is 0 Å². The molecule has 0 aliphatic carbocycles. The third-order valence-corrected chi connectivity index (χ3v) is 3.42. The van der Waals surface area contributed by atoms with Gasteiger partial charge in [-0.25, -0.2) is 0 Å². The van der Waals surface area contributed by atoms with Gasteiger partial charge in [-0.2, -0.15) is 0 Å². The number of amides is 1. The lowest BCUT2D eigenvalue weighted by atomic mass is 10.2. The first-order valence-corrected chi connectivity index (χ1v) is 6.80. The van der Waals surface area contributed by atoms with Crippen LogP contribution in [0.15, 0.2) is 30.4 Å². The fourth-order valence-electron chi connectivity index (χ4n) is 1.49. The molecule has 2 nitrogen and oxygen atoms in total. The molecular formula is C13H15ClINO. The SMILES string of the molecule is C=C(C)CN(CC)C(=O)c1ccc(Cl)cc1I. The van der Waals surface area contributed by atoms with Gasteiger partial charge in [0.05, 0.1) is 5.56 Å². The van der Waals surface area contributed by atoms with Crippen LogP contribution in [0, 0.1) is 3.57 Å². The van der Waals surface area contributed by atoms with Gasteiger partial charge in [0, 0.05) is 21.7 Å². The third kappa shape index (κ3) is 4.00. The molecule has 0 bridgehead atoms. The Balaban J connectivity index is 2.97. The number of nitrogens with zero attached hydrogens (tertiary/aromatic N) is 1. The van der Waals surface area contributed by atoms with Crippen LogP contribution in [0.25, 0.3) is 0 Å². The normalized spacial score (nSPS) is 10.1. The maximum atomic E-state index is 12.3. The van der Waals surface area contributed by atoms with Crippen LogP contribution in [0.3, 0.4) is 0 Å². The Kier molecular flexibility index (Phi) is 5.46. The van der Waals surface area contributed by atoms with E-state index in [2.05, 4.69) is 29.2 Å². The fourth-order valence-corrected chi connectivity index (χ4v) is 2.59. The molecule has 0 saturated heterocycles. The van der Waals surface area contributed by atoms with Gasteiger partial charge < -0.3 is 4.90 Å². The molecule has 0 aliphatic rings. The predicted molar refractivity (Wildman–Crippen MR) is 80.6 cm³/mol. The number of carbonyl (C=O) groups is 1. The second kappa shape index (κ2) is 6.40. The molecule has 17 heavy (non-hydrogen) atoms. The van der Waals surface area contributed by atoms with Crippen LogP contribution >= 0.6 is 34.2 Å². The molecule has 1 amide bonds. The smallest absolute Gasteiger partial charge is 0.255 e. The van der Waals surface area contributed by atoms with Gasteiger partial charge in [0.25, 0.3) is 5.91 Å². The van der Waals surface area contributed by atoms with E-state index in [1.54, 1.807) is 23.1 Å². The summed E-state index contributed by atoms with van der Waals surface area (Å²) in [6.45, 7) is 8.98. The standard InChI is InChI=1S/C13H15ClINO/c1-4-16(8-9(2)3)13(17)11-6-5-10(14)7-12(11)15/h5-7H,2,4,8H2,1,3H3. The Hall–Kier alpha value is -0.550. The van der Waals surface area contributed by atoms with Crippen LogP contribution in [-0.2, 0) is 0 Å². The lowest BCUT2D eigenvalue weighted by Crippen LogP contribution is -2.32. The summed E-state index contributed by atoms with van der Waals surface area (Å²) >= 11 is 8.01. The highest BCUT2D eigenvalue weighted by atomic mass is 127. The molecule has 0 heterocycles. The zero-order chi connectivity index (χ0) is 13.0. The molecule has 1 aromatic rings. The number of rotatable bonds is 4. The summed E-state index contributed by atoms with van der Waals surface area (Å²) in [6, 6.07) is 5.31. The number of benzene rings is 1. The zero-order valence-electron chi connectivity index (χ0n) is 9.96. The second-order valence-corrected chi connectivity index (χ2v) is 5.50. The monoisotopic (exact) mass is 363 g/mol. The zero-order valence-corrected chi connectivity index (χ0v) is 12.9. The summed E-state index contributed by atoms with van der Waals surface area (Å²) in [7, 11) is 0. The Morgan fingerprint density at radius 1 is 1.53 bits per heavy atom. The Bertz CT molecular complexity index is 445. The Labute approximate surface area is 121 Å². The lowest BCUT2D eigenvalue weighted by molar-refractivity contribution is 0.0777. The number of hydrogen-bond donors (Lipinski definition) is 0. The van der Waals surface area contributed by atoms with Crippen molar-refractivity contribution >= 4 is 40.1 Å². The summed E-state index contributed by atoms with van der Waals surface area (Å²) in [5, 5.41) is 0.647. The first-order valence-electron chi connectivity index (χ1n) is 5.34. The van der Waals surface area contributed by atoms with Crippen molar-refractivity contribution in [1.82, 2.24) is 4.90 Å². The lowest BCUT2D eigenvalue weighted by Gasteiger charge is -2.21. The maximum Gasteiger partial charge on any atom is 0.255 e. The van der Waals surface area contributed by atoms with Gasteiger partial charge in [0.15, 0.2) is 0 Å². The Morgan fingerprint density at radius 2 is 2.18 bits per heavy atom. The van der Waals surface area contributed by atoms with Gasteiger partial charge in [-0.3, -0.25) is 4.79 Å². The van der Waals surface area contributed by atoms with E-state index < -0.39 is 0 Å². The molecule has 0 atom stereocenters. The molecule has 0 unspecified atom stereocenters. The third-order valence-electron chi connectivity index (χ3n) is 2.29. The maximum absolute atomic E-state index is 12.3. The van der Waals surface area contributed by atoms with Gasteiger partial charge in [-0.15, -0.1) is 0 Å². The molecule has 0 fully saturated rings. The quantitative estimate of drug-likeness (QED) is 0.585. The topological polar surface area (TPSA) is 20.3 Å². The van der Waals surface area contributed by atoms with Crippen LogP contribution in [-0.4, -0.2) is 23.9 Å². The van der Waals surface area contributed by atoms with Crippen molar-refractivity contribution in [2.45, 2.75) is 13.8 Å². The van der Waals surface area contributed by atoms with E-state index in [0.29, 0.717) is 23.7 Å². The van der Waals surface area contributed by atoms with E-state index in [1.807, 2.05) is 13.8 Å². The van der Waals surface area contributed by atoms with Gasteiger partial charge in [0.1, 0.15) is 0 Å². The van der Waals surface area contributed by atoms with Crippen molar-refractivity contribution in [1.29, 1.82) is 0 Å². The summed E-state index contributed by atoms with van der Waals surface area (Å²) in [5.74, 6) is 0.0246. The second-order valence-electron chi connectivity index (χ2n) is 3.90. The molecule has 1 aromatic carbocycles. The highest BCUT2D eigenvalue weighted by Gasteiger charge is 2.16. The first-order chi connectivity index (χ1) is 7.95. The minimum absolute atomic E-state index is 0.0246. The molecule has 4 heteroatoms. The van der Waals surface area contributed by atoms with E-state index in [4.69, 9.17) is 11.6 Å². The minimum Gasteiger partial charge on any atom is -0.335 e. The van der Waals surface area contributed by atoms with E-state index in [9.17, 15) is 4.79 Å². The van der Waals surface area contributed by atoms with Gasteiger partial charge in [-0.05, 0) is 54.6 Å². The number of halogens is 2. The summed E-state index contributed by atoms with van der Waals surface area (Å²) in [5.41, 5.74) is 1.67. The average Bonchev–Trinajstić information content (AvgIpc) is 2.24. The number of hydrogen-bond acceptors (Lipinski definition) is 1. The summed E-state index contributed by atoms with van der Waals surface area (Å²) in [6.07, 6.45) is 0. The molecule has 92 valence electrons. The van der Waals surface area contributed by atoms with Crippen molar-refractivity contribution < 1.29 is 4.79 Å². The highest BCUT2D eigenvalue weighted by molar-refractivity contribution is 14.1. The largest absolute Gasteiger partial charge is 0.335 e. The molecule has 1 rings (SSSR count). The predicted octanol–water partition coefficient (Wildman–Crippen LogP) is 3.98. The molecule has 0 aromatic heterocycles. The summed E-state index contributed by atoms with van der Waals surface area (Å²) < 4.78 is 0.875. The van der Waals surface area contributed by atoms with Crippen LogP contribution in [0.5, 0.6) is 0 Å². The Morgan fingerprint density at radius 3 is 2.65 bits per heavy atom. The molecular weight excluding hydrogens is 349 g/mol. The summed E-state index contributed by atoms with van der Waals surface area (Å²) in [4.78, 5) is 14.1. The molecule has 0 radical (unpaired) electrons. The fraction of sp³-hybridized carbons (Fsp3) is 0.308. The van der Waals surface area contributed by atoms with E-state index in [1.165, 1.54) is 0 Å². The van der Waals surface area contributed by atoms with Gasteiger partial charge in [0.2, 0.25) is 0 Å². The van der Waals surface area contributed by atoms with Crippen LogP contribution < -0.4 is 0 Å². The first kappa shape index (κ1) is 14.5. The molecule has 0 saturated carbocycles. The average molecular weight is 364 g/mol. The van der Waals surface area contributed by atoms with Gasteiger partial charge in [-0.1, -0.05) is 23.8 Å². The molecule has 0 aliphatic heterocycles. The van der Waals surface area contributed by atoms with Crippen LogP contribution in [0.2, 0.25) is 5.02 Å².